The van der Waals surface area contributed by atoms with Gasteiger partial charge in [0.15, 0.2) is 0 Å². The van der Waals surface area contributed by atoms with Crippen molar-refractivity contribution < 1.29 is 9.90 Å². The molecule has 0 aromatic rings. The Morgan fingerprint density at radius 2 is 2.31 bits per heavy atom. The van der Waals surface area contributed by atoms with Crippen LogP contribution in [0.1, 0.15) is 19.3 Å². The highest BCUT2D eigenvalue weighted by atomic mass is 16.4. The van der Waals surface area contributed by atoms with E-state index in [4.69, 9.17) is 10.8 Å². The highest BCUT2D eigenvalue weighted by Gasteiger charge is 2.14. The molecule has 0 aliphatic carbocycles. The first-order valence-electron chi connectivity index (χ1n) is 4.49. The van der Waals surface area contributed by atoms with Gasteiger partial charge < -0.3 is 16.2 Å². The predicted octanol–water partition coefficient (Wildman–Crippen LogP) is 0.344. The van der Waals surface area contributed by atoms with Crippen LogP contribution >= 0.6 is 0 Å². The molecular formula is C9H18N2O2. The van der Waals surface area contributed by atoms with E-state index in [0.29, 0.717) is 19.5 Å². The van der Waals surface area contributed by atoms with E-state index in [1.54, 1.807) is 6.08 Å². The van der Waals surface area contributed by atoms with E-state index in [-0.39, 0.29) is 0 Å². The standard InChI is InChI=1S/C9H18N2O2/c1-2-7-11-8(9(12)13)5-3-4-6-10/h2,8,11H,1,3-7,10H2,(H,12,13). The molecule has 0 amide bonds. The molecule has 4 N–H and O–H groups in total. The van der Waals surface area contributed by atoms with Crippen molar-refractivity contribution in [3.63, 3.8) is 0 Å². The van der Waals surface area contributed by atoms with Crippen LogP contribution < -0.4 is 11.1 Å². The van der Waals surface area contributed by atoms with E-state index in [9.17, 15) is 4.79 Å². The molecule has 4 heteroatoms. The van der Waals surface area contributed by atoms with Gasteiger partial charge >= 0.3 is 5.97 Å². The minimum Gasteiger partial charge on any atom is -0.480 e. The Hall–Kier alpha value is -0.870. The van der Waals surface area contributed by atoms with Crippen LogP contribution in [0.3, 0.4) is 0 Å². The van der Waals surface area contributed by atoms with E-state index < -0.39 is 12.0 Å². The SMILES string of the molecule is C=CCNC(CCCCN)C(=O)O. The third-order valence-electron chi connectivity index (χ3n) is 1.75. The van der Waals surface area contributed by atoms with E-state index in [1.807, 2.05) is 0 Å². The number of carboxylic acids is 1. The number of hydrogen-bond donors (Lipinski definition) is 3. The van der Waals surface area contributed by atoms with Crippen molar-refractivity contribution in [3.8, 4) is 0 Å². The van der Waals surface area contributed by atoms with Crippen LogP contribution in [0.25, 0.3) is 0 Å². The summed E-state index contributed by atoms with van der Waals surface area (Å²) >= 11 is 0. The van der Waals surface area contributed by atoms with Crippen LogP contribution in [0.4, 0.5) is 0 Å². The van der Waals surface area contributed by atoms with Crippen LogP contribution in [0.15, 0.2) is 12.7 Å². The molecule has 0 bridgehead atoms. The number of aliphatic carboxylic acids is 1. The van der Waals surface area contributed by atoms with Gasteiger partial charge in [-0.2, -0.15) is 0 Å². The van der Waals surface area contributed by atoms with Crippen molar-refractivity contribution in [2.75, 3.05) is 13.1 Å². The van der Waals surface area contributed by atoms with Crippen LogP contribution in [-0.2, 0) is 4.79 Å². The molecule has 0 aromatic heterocycles. The second-order valence-electron chi connectivity index (χ2n) is 2.87. The van der Waals surface area contributed by atoms with Crippen molar-refractivity contribution in [3.05, 3.63) is 12.7 Å². The van der Waals surface area contributed by atoms with Gasteiger partial charge in [0, 0.05) is 6.54 Å². The Labute approximate surface area is 78.8 Å². The van der Waals surface area contributed by atoms with Crippen molar-refractivity contribution in [2.45, 2.75) is 25.3 Å². The lowest BCUT2D eigenvalue weighted by molar-refractivity contribution is -0.139. The maximum atomic E-state index is 10.7. The summed E-state index contributed by atoms with van der Waals surface area (Å²) in [5.74, 6) is -0.807. The topological polar surface area (TPSA) is 75.3 Å². The van der Waals surface area contributed by atoms with Gasteiger partial charge in [-0.05, 0) is 19.4 Å². The minimum absolute atomic E-state index is 0.468. The molecule has 0 radical (unpaired) electrons. The molecule has 0 fully saturated rings. The zero-order valence-corrected chi connectivity index (χ0v) is 7.83. The van der Waals surface area contributed by atoms with Crippen LogP contribution in [0.5, 0.6) is 0 Å². The highest BCUT2D eigenvalue weighted by Crippen LogP contribution is 2.00. The Morgan fingerprint density at radius 3 is 2.77 bits per heavy atom. The van der Waals surface area contributed by atoms with Crippen LogP contribution in [0, 0.1) is 0 Å². The lowest BCUT2D eigenvalue weighted by Crippen LogP contribution is -2.36. The van der Waals surface area contributed by atoms with Gasteiger partial charge in [0.1, 0.15) is 6.04 Å². The first-order chi connectivity index (χ1) is 6.22. The minimum atomic E-state index is -0.807. The summed E-state index contributed by atoms with van der Waals surface area (Å²) in [6.45, 7) is 4.66. The smallest absolute Gasteiger partial charge is 0.320 e. The number of carboxylic acid groups (broad SMARTS) is 1. The molecule has 4 nitrogen and oxygen atoms in total. The second kappa shape index (κ2) is 7.76. The molecule has 1 unspecified atom stereocenters. The van der Waals surface area contributed by atoms with Crippen molar-refractivity contribution in [2.24, 2.45) is 5.73 Å². The molecule has 0 aliphatic heterocycles. The molecule has 0 heterocycles. The Bertz CT molecular complexity index is 160. The molecule has 0 aromatic carbocycles. The van der Waals surface area contributed by atoms with Gasteiger partial charge in [0.25, 0.3) is 0 Å². The molecule has 0 spiro atoms. The van der Waals surface area contributed by atoms with Gasteiger partial charge in [-0.3, -0.25) is 4.79 Å². The predicted molar refractivity (Wildman–Crippen MR) is 52.5 cm³/mol. The summed E-state index contributed by atoms with van der Waals surface area (Å²) in [6.07, 6.45) is 4.00. The fourth-order valence-corrected chi connectivity index (χ4v) is 1.03. The van der Waals surface area contributed by atoms with Crippen LogP contribution in [0.2, 0.25) is 0 Å². The van der Waals surface area contributed by atoms with E-state index in [2.05, 4.69) is 11.9 Å². The molecule has 0 aliphatic rings. The fourth-order valence-electron chi connectivity index (χ4n) is 1.03. The third-order valence-corrected chi connectivity index (χ3v) is 1.75. The maximum absolute atomic E-state index is 10.7. The largest absolute Gasteiger partial charge is 0.480 e. The normalized spacial score (nSPS) is 12.4. The zero-order valence-electron chi connectivity index (χ0n) is 7.83. The molecule has 0 saturated heterocycles. The quantitative estimate of drug-likeness (QED) is 0.377. The first-order valence-corrected chi connectivity index (χ1v) is 4.49. The maximum Gasteiger partial charge on any atom is 0.320 e. The van der Waals surface area contributed by atoms with Gasteiger partial charge in [0.2, 0.25) is 0 Å². The molecular weight excluding hydrogens is 168 g/mol. The highest BCUT2D eigenvalue weighted by molar-refractivity contribution is 5.73. The fraction of sp³-hybridized carbons (Fsp3) is 0.667. The summed E-state index contributed by atoms with van der Waals surface area (Å²) in [7, 11) is 0. The van der Waals surface area contributed by atoms with Crippen LogP contribution in [-0.4, -0.2) is 30.2 Å². The summed E-state index contributed by atoms with van der Waals surface area (Å²) in [5.41, 5.74) is 5.31. The molecule has 1 atom stereocenters. The number of rotatable bonds is 8. The van der Waals surface area contributed by atoms with Crippen molar-refractivity contribution >= 4 is 5.97 Å². The third kappa shape index (κ3) is 6.31. The number of nitrogens with one attached hydrogen (secondary N) is 1. The molecule has 0 rings (SSSR count). The summed E-state index contributed by atoms with van der Waals surface area (Å²) < 4.78 is 0. The second-order valence-corrected chi connectivity index (χ2v) is 2.87. The lowest BCUT2D eigenvalue weighted by atomic mass is 10.1. The number of carbonyl (C=O) groups is 1. The summed E-state index contributed by atoms with van der Waals surface area (Å²) in [4.78, 5) is 10.7. The Morgan fingerprint density at radius 1 is 1.62 bits per heavy atom. The van der Waals surface area contributed by atoms with Gasteiger partial charge in [-0.1, -0.05) is 12.5 Å². The average Bonchev–Trinajstić information content (AvgIpc) is 2.10. The van der Waals surface area contributed by atoms with E-state index >= 15 is 0 Å². The van der Waals surface area contributed by atoms with Crippen molar-refractivity contribution in [1.82, 2.24) is 5.32 Å². The first kappa shape index (κ1) is 12.1. The number of unbranched alkanes of at least 4 members (excludes halogenated alkanes) is 1. The molecule has 0 saturated carbocycles. The summed E-state index contributed by atoms with van der Waals surface area (Å²) in [5, 5.41) is 11.6. The van der Waals surface area contributed by atoms with Gasteiger partial charge in [-0.15, -0.1) is 6.58 Å². The van der Waals surface area contributed by atoms with Crippen molar-refractivity contribution in [1.29, 1.82) is 0 Å². The lowest BCUT2D eigenvalue weighted by Gasteiger charge is -2.12. The van der Waals surface area contributed by atoms with Gasteiger partial charge in [0.05, 0.1) is 0 Å². The average molecular weight is 186 g/mol. The Balaban J connectivity index is 3.66. The molecule has 13 heavy (non-hydrogen) atoms. The number of hydrogen-bond acceptors (Lipinski definition) is 3. The zero-order chi connectivity index (χ0) is 10.1. The number of nitrogens with two attached hydrogens (primary N) is 1. The van der Waals surface area contributed by atoms with E-state index in [0.717, 1.165) is 12.8 Å². The monoisotopic (exact) mass is 186 g/mol. The van der Waals surface area contributed by atoms with Gasteiger partial charge in [-0.25, -0.2) is 0 Å². The van der Waals surface area contributed by atoms with E-state index in [1.165, 1.54) is 0 Å². The Kier molecular flexibility index (Phi) is 7.24. The summed E-state index contributed by atoms with van der Waals surface area (Å²) in [6, 6.07) is -0.468. The molecule has 76 valence electrons.